The van der Waals surface area contributed by atoms with Crippen molar-refractivity contribution in [2.24, 2.45) is 0 Å². The number of piperidine rings is 1. The van der Waals surface area contributed by atoms with Crippen molar-refractivity contribution in [3.05, 3.63) is 11.8 Å². The third-order valence-corrected chi connectivity index (χ3v) is 4.94. The van der Waals surface area contributed by atoms with E-state index in [1.165, 1.54) is 50.5 Å². The summed E-state index contributed by atoms with van der Waals surface area (Å²) in [5.41, 5.74) is 7.09. The number of rotatable bonds is 3. The molecule has 5 nitrogen and oxygen atoms in total. The van der Waals surface area contributed by atoms with Crippen molar-refractivity contribution in [1.82, 2.24) is 14.9 Å². The first-order valence-corrected chi connectivity index (χ1v) is 8.30. The first-order chi connectivity index (χ1) is 10.2. The molecular weight excluding hydrogens is 262 g/mol. The number of likely N-dealkylation sites (tertiary alicyclic amines) is 1. The number of anilines is 2. The molecule has 3 rings (SSSR count). The van der Waals surface area contributed by atoms with Gasteiger partial charge in [-0.1, -0.05) is 19.3 Å². The van der Waals surface area contributed by atoms with Gasteiger partial charge in [0.15, 0.2) is 0 Å². The molecule has 1 aromatic heterocycles. The first kappa shape index (κ1) is 14.6. The fraction of sp³-hybridized carbons (Fsp3) is 0.750. The maximum atomic E-state index is 5.81. The van der Waals surface area contributed by atoms with Crippen LogP contribution in [0.15, 0.2) is 6.20 Å². The van der Waals surface area contributed by atoms with Crippen molar-refractivity contribution < 1.29 is 0 Å². The number of aromatic nitrogens is 2. The topological polar surface area (TPSA) is 67.1 Å². The molecule has 1 saturated heterocycles. The lowest BCUT2D eigenvalue weighted by Gasteiger charge is -2.31. The Morgan fingerprint density at radius 3 is 2.57 bits per heavy atom. The standard InChI is InChI=1S/C16H27N5/c1-21-9-7-13(8-10-21)19-15-14(11-18-16(17)20-15)12-5-3-2-4-6-12/h11-13H,2-10H2,1H3,(H3,17,18,19,20). The second-order valence-corrected chi connectivity index (χ2v) is 6.59. The molecule has 21 heavy (non-hydrogen) atoms. The Balaban J connectivity index is 1.74. The van der Waals surface area contributed by atoms with Gasteiger partial charge < -0.3 is 16.0 Å². The smallest absolute Gasteiger partial charge is 0.221 e. The van der Waals surface area contributed by atoms with Crippen LogP contribution in [-0.2, 0) is 0 Å². The Hall–Kier alpha value is -1.36. The van der Waals surface area contributed by atoms with Crippen molar-refractivity contribution >= 4 is 11.8 Å². The Kier molecular flexibility index (Phi) is 4.58. The van der Waals surface area contributed by atoms with E-state index in [4.69, 9.17) is 5.73 Å². The molecule has 1 saturated carbocycles. The van der Waals surface area contributed by atoms with Crippen molar-refractivity contribution in [3.8, 4) is 0 Å². The molecule has 0 atom stereocenters. The van der Waals surface area contributed by atoms with Gasteiger partial charge in [-0.25, -0.2) is 4.98 Å². The van der Waals surface area contributed by atoms with E-state index in [1.807, 2.05) is 6.20 Å². The summed E-state index contributed by atoms with van der Waals surface area (Å²) >= 11 is 0. The highest BCUT2D eigenvalue weighted by Crippen LogP contribution is 2.36. The van der Waals surface area contributed by atoms with Crippen LogP contribution in [0.5, 0.6) is 0 Å². The summed E-state index contributed by atoms with van der Waals surface area (Å²) in [6.07, 6.45) is 10.8. The lowest BCUT2D eigenvalue weighted by Crippen LogP contribution is -2.37. The van der Waals surface area contributed by atoms with Crippen molar-refractivity contribution in [2.75, 3.05) is 31.2 Å². The van der Waals surface area contributed by atoms with Crippen molar-refractivity contribution in [3.63, 3.8) is 0 Å². The zero-order valence-electron chi connectivity index (χ0n) is 13.0. The highest BCUT2D eigenvalue weighted by atomic mass is 15.1. The maximum Gasteiger partial charge on any atom is 0.221 e. The van der Waals surface area contributed by atoms with Gasteiger partial charge in [0.05, 0.1) is 0 Å². The summed E-state index contributed by atoms with van der Waals surface area (Å²) in [6, 6.07) is 0.512. The quantitative estimate of drug-likeness (QED) is 0.895. The van der Waals surface area contributed by atoms with Crippen LogP contribution in [0, 0.1) is 0 Å². The minimum absolute atomic E-state index is 0.380. The van der Waals surface area contributed by atoms with Crippen LogP contribution in [-0.4, -0.2) is 41.0 Å². The van der Waals surface area contributed by atoms with Gasteiger partial charge in [-0.2, -0.15) is 4.98 Å². The van der Waals surface area contributed by atoms with Crippen LogP contribution >= 0.6 is 0 Å². The highest BCUT2D eigenvalue weighted by Gasteiger charge is 2.23. The second-order valence-electron chi connectivity index (χ2n) is 6.59. The molecule has 0 spiro atoms. The van der Waals surface area contributed by atoms with Crippen LogP contribution in [0.1, 0.15) is 56.4 Å². The van der Waals surface area contributed by atoms with E-state index in [2.05, 4.69) is 27.2 Å². The Bertz CT molecular complexity index is 462. The Morgan fingerprint density at radius 1 is 1.14 bits per heavy atom. The van der Waals surface area contributed by atoms with Gasteiger partial charge in [0.2, 0.25) is 5.95 Å². The molecule has 2 aliphatic rings. The summed E-state index contributed by atoms with van der Waals surface area (Å²) < 4.78 is 0. The van der Waals surface area contributed by atoms with Crippen LogP contribution in [0.3, 0.4) is 0 Å². The number of hydrogen-bond donors (Lipinski definition) is 2. The molecule has 1 aromatic rings. The van der Waals surface area contributed by atoms with Gasteiger partial charge in [-0.15, -0.1) is 0 Å². The molecule has 2 heterocycles. The molecule has 0 aromatic carbocycles. The van der Waals surface area contributed by atoms with E-state index in [1.54, 1.807) is 0 Å². The van der Waals surface area contributed by atoms with E-state index in [9.17, 15) is 0 Å². The van der Waals surface area contributed by atoms with E-state index in [-0.39, 0.29) is 0 Å². The fourth-order valence-corrected chi connectivity index (χ4v) is 3.58. The number of nitrogens with one attached hydrogen (secondary N) is 1. The van der Waals surface area contributed by atoms with Gasteiger partial charge in [0, 0.05) is 17.8 Å². The third-order valence-electron chi connectivity index (χ3n) is 4.94. The number of nitrogen functional groups attached to an aromatic ring is 1. The average molecular weight is 289 g/mol. The summed E-state index contributed by atoms with van der Waals surface area (Å²) in [4.78, 5) is 11.1. The molecule has 3 N–H and O–H groups in total. The maximum absolute atomic E-state index is 5.81. The van der Waals surface area contributed by atoms with Crippen molar-refractivity contribution in [1.29, 1.82) is 0 Å². The third kappa shape index (κ3) is 3.64. The minimum atomic E-state index is 0.380. The predicted molar refractivity (Wildman–Crippen MR) is 86.4 cm³/mol. The molecule has 2 fully saturated rings. The summed E-state index contributed by atoms with van der Waals surface area (Å²) in [6.45, 7) is 2.30. The summed E-state index contributed by atoms with van der Waals surface area (Å²) in [5.74, 6) is 1.97. The molecular formula is C16H27N5. The van der Waals surface area contributed by atoms with Crippen LogP contribution < -0.4 is 11.1 Å². The van der Waals surface area contributed by atoms with E-state index in [0.29, 0.717) is 17.9 Å². The van der Waals surface area contributed by atoms with Gasteiger partial charge in [-0.05, 0) is 51.7 Å². The SMILES string of the molecule is CN1CCC(Nc2nc(N)ncc2C2CCCCC2)CC1. The fourth-order valence-electron chi connectivity index (χ4n) is 3.58. The lowest BCUT2D eigenvalue weighted by molar-refractivity contribution is 0.263. The van der Waals surface area contributed by atoms with Gasteiger partial charge in [0.1, 0.15) is 5.82 Å². The average Bonchev–Trinajstić information content (AvgIpc) is 2.51. The van der Waals surface area contributed by atoms with E-state index < -0.39 is 0 Å². The number of nitrogens with two attached hydrogens (primary N) is 1. The Morgan fingerprint density at radius 2 is 1.86 bits per heavy atom. The molecule has 0 radical (unpaired) electrons. The lowest BCUT2D eigenvalue weighted by atomic mass is 9.84. The molecule has 0 bridgehead atoms. The summed E-state index contributed by atoms with van der Waals surface area (Å²) in [7, 11) is 2.19. The monoisotopic (exact) mass is 289 g/mol. The molecule has 1 aliphatic heterocycles. The minimum Gasteiger partial charge on any atom is -0.368 e. The summed E-state index contributed by atoms with van der Waals surface area (Å²) in [5, 5.41) is 3.65. The Labute approximate surface area is 127 Å². The molecule has 116 valence electrons. The van der Waals surface area contributed by atoms with Gasteiger partial charge in [0.25, 0.3) is 0 Å². The molecule has 5 heteroatoms. The van der Waals surface area contributed by atoms with E-state index in [0.717, 1.165) is 18.9 Å². The van der Waals surface area contributed by atoms with Crippen LogP contribution in [0.2, 0.25) is 0 Å². The molecule has 1 aliphatic carbocycles. The first-order valence-electron chi connectivity index (χ1n) is 8.30. The normalized spacial score (nSPS) is 22.3. The number of hydrogen-bond acceptors (Lipinski definition) is 5. The molecule has 0 amide bonds. The zero-order valence-corrected chi connectivity index (χ0v) is 13.0. The van der Waals surface area contributed by atoms with Crippen LogP contribution in [0.25, 0.3) is 0 Å². The number of nitrogens with zero attached hydrogens (tertiary/aromatic N) is 3. The molecule has 0 unspecified atom stereocenters. The largest absolute Gasteiger partial charge is 0.368 e. The predicted octanol–water partition coefficient (Wildman–Crippen LogP) is 2.61. The van der Waals surface area contributed by atoms with Gasteiger partial charge in [-0.3, -0.25) is 0 Å². The van der Waals surface area contributed by atoms with Gasteiger partial charge >= 0.3 is 0 Å². The zero-order chi connectivity index (χ0) is 14.7. The van der Waals surface area contributed by atoms with Crippen LogP contribution in [0.4, 0.5) is 11.8 Å². The van der Waals surface area contributed by atoms with Crippen molar-refractivity contribution in [2.45, 2.75) is 56.9 Å². The highest BCUT2D eigenvalue weighted by molar-refractivity contribution is 5.48. The second kappa shape index (κ2) is 6.60. The van der Waals surface area contributed by atoms with E-state index >= 15 is 0 Å².